The number of halogens is 1. The van der Waals surface area contributed by atoms with Crippen molar-refractivity contribution >= 4 is 17.4 Å². The standard InChI is InChI=1S/C13H20ClN3O/c1-4-11-15-12(14)9(3)13(16-11)17-6-5-10(18)8(2)7-17/h8,10,18H,4-7H2,1-3H3. The Balaban J connectivity index is 2.30. The van der Waals surface area contributed by atoms with E-state index in [0.29, 0.717) is 5.15 Å². The van der Waals surface area contributed by atoms with Crippen LogP contribution in [-0.2, 0) is 6.42 Å². The third kappa shape index (κ3) is 2.59. The molecule has 0 spiro atoms. The lowest BCUT2D eigenvalue weighted by atomic mass is 9.96. The smallest absolute Gasteiger partial charge is 0.137 e. The molecule has 2 heterocycles. The van der Waals surface area contributed by atoms with Gasteiger partial charge in [0.2, 0.25) is 0 Å². The molecule has 0 radical (unpaired) electrons. The molecule has 2 unspecified atom stereocenters. The molecule has 1 N–H and O–H groups in total. The third-order valence-electron chi connectivity index (χ3n) is 3.58. The lowest BCUT2D eigenvalue weighted by Gasteiger charge is -2.36. The summed E-state index contributed by atoms with van der Waals surface area (Å²) in [5, 5.41) is 10.3. The summed E-state index contributed by atoms with van der Waals surface area (Å²) in [6.45, 7) is 7.68. The molecule has 1 aromatic rings. The summed E-state index contributed by atoms with van der Waals surface area (Å²) in [6.07, 6.45) is 1.35. The Bertz CT molecular complexity index is 438. The molecule has 18 heavy (non-hydrogen) atoms. The fourth-order valence-electron chi connectivity index (χ4n) is 2.31. The van der Waals surface area contributed by atoms with Crippen molar-refractivity contribution in [2.45, 2.75) is 39.7 Å². The summed E-state index contributed by atoms with van der Waals surface area (Å²) in [4.78, 5) is 11.1. The number of anilines is 1. The van der Waals surface area contributed by atoms with E-state index in [9.17, 15) is 5.11 Å². The zero-order valence-corrected chi connectivity index (χ0v) is 11.9. The minimum absolute atomic E-state index is 0.204. The second-order valence-electron chi connectivity index (χ2n) is 5.01. The van der Waals surface area contributed by atoms with Gasteiger partial charge in [0.1, 0.15) is 16.8 Å². The molecule has 0 saturated carbocycles. The summed E-state index contributed by atoms with van der Waals surface area (Å²) < 4.78 is 0. The van der Waals surface area contributed by atoms with E-state index in [1.807, 2.05) is 13.8 Å². The maximum Gasteiger partial charge on any atom is 0.137 e. The van der Waals surface area contributed by atoms with Gasteiger partial charge in [-0.3, -0.25) is 0 Å². The first kappa shape index (κ1) is 13.6. The minimum Gasteiger partial charge on any atom is -0.393 e. The first-order valence-corrected chi connectivity index (χ1v) is 6.86. The van der Waals surface area contributed by atoms with Gasteiger partial charge in [0.05, 0.1) is 6.10 Å². The normalized spacial score (nSPS) is 24.4. The average molecular weight is 270 g/mol. The Kier molecular flexibility index (Phi) is 4.07. The van der Waals surface area contributed by atoms with Crippen molar-refractivity contribution in [2.75, 3.05) is 18.0 Å². The number of aryl methyl sites for hydroxylation is 1. The Morgan fingerprint density at radius 1 is 1.44 bits per heavy atom. The first-order chi connectivity index (χ1) is 8.52. The zero-order valence-electron chi connectivity index (χ0n) is 11.1. The van der Waals surface area contributed by atoms with Crippen molar-refractivity contribution in [3.63, 3.8) is 0 Å². The van der Waals surface area contributed by atoms with E-state index in [2.05, 4.69) is 21.8 Å². The Morgan fingerprint density at radius 3 is 2.78 bits per heavy atom. The van der Waals surface area contributed by atoms with Crippen molar-refractivity contribution in [1.82, 2.24) is 9.97 Å². The lowest BCUT2D eigenvalue weighted by molar-refractivity contribution is 0.0968. The average Bonchev–Trinajstić information content (AvgIpc) is 2.36. The Hall–Kier alpha value is -0.870. The molecule has 1 saturated heterocycles. The molecule has 1 aromatic heterocycles. The molecule has 1 aliphatic rings. The molecule has 0 aliphatic carbocycles. The highest BCUT2D eigenvalue weighted by atomic mass is 35.5. The van der Waals surface area contributed by atoms with Gasteiger partial charge in [-0.15, -0.1) is 0 Å². The van der Waals surface area contributed by atoms with Gasteiger partial charge in [0.25, 0.3) is 0 Å². The number of aliphatic hydroxyl groups is 1. The quantitative estimate of drug-likeness (QED) is 0.837. The molecule has 0 amide bonds. The zero-order chi connectivity index (χ0) is 13.3. The predicted molar refractivity (Wildman–Crippen MR) is 73.2 cm³/mol. The van der Waals surface area contributed by atoms with E-state index in [0.717, 1.165) is 43.1 Å². The number of aromatic nitrogens is 2. The third-order valence-corrected chi connectivity index (χ3v) is 3.95. The molecule has 1 fully saturated rings. The van der Waals surface area contributed by atoms with Crippen molar-refractivity contribution in [3.8, 4) is 0 Å². The van der Waals surface area contributed by atoms with Gasteiger partial charge in [-0.05, 0) is 19.3 Å². The topological polar surface area (TPSA) is 49.2 Å². The maximum absolute atomic E-state index is 9.78. The van der Waals surface area contributed by atoms with Crippen LogP contribution in [0.2, 0.25) is 5.15 Å². The predicted octanol–water partition coefficient (Wildman–Crippen LogP) is 2.21. The van der Waals surface area contributed by atoms with Crippen LogP contribution in [0, 0.1) is 12.8 Å². The van der Waals surface area contributed by atoms with E-state index in [-0.39, 0.29) is 12.0 Å². The van der Waals surface area contributed by atoms with E-state index in [1.165, 1.54) is 0 Å². The Morgan fingerprint density at radius 2 is 2.17 bits per heavy atom. The van der Waals surface area contributed by atoms with Gasteiger partial charge in [-0.2, -0.15) is 0 Å². The van der Waals surface area contributed by atoms with E-state index >= 15 is 0 Å². The maximum atomic E-state index is 9.78. The van der Waals surface area contributed by atoms with Crippen LogP contribution in [0.3, 0.4) is 0 Å². The van der Waals surface area contributed by atoms with Crippen LogP contribution >= 0.6 is 11.6 Å². The molecular weight excluding hydrogens is 250 g/mol. The number of hydrogen-bond donors (Lipinski definition) is 1. The molecule has 100 valence electrons. The summed E-state index contributed by atoms with van der Waals surface area (Å²) in [5.41, 5.74) is 0.928. The number of nitrogens with zero attached hydrogens (tertiary/aromatic N) is 3. The van der Waals surface area contributed by atoms with Crippen LogP contribution in [0.1, 0.15) is 31.7 Å². The van der Waals surface area contributed by atoms with E-state index in [4.69, 9.17) is 11.6 Å². The summed E-state index contributed by atoms with van der Waals surface area (Å²) in [6, 6.07) is 0. The molecule has 4 nitrogen and oxygen atoms in total. The highest BCUT2D eigenvalue weighted by Gasteiger charge is 2.26. The van der Waals surface area contributed by atoms with Crippen molar-refractivity contribution < 1.29 is 5.11 Å². The number of rotatable bonds is 2. The SMILES string of the molecule is CCc1nc(Cl)c(C)c(N2CCC(O)C(C)C2)n1. The monoisotopic (exact) mass is 269 g/mol. The minimum atomic E-state index is -0.204. The lowest BCUT2D eigenvalue weighted by Crippen LogP contribution is -2.42. The number of aliphatic hydroxyl groups excluding tert-OH is 1. The molecule has 0 aromatic carbocycles. The fourth-order valence-corrected chi connectivity index (χ4v) is 2.49. The van der Waals surface area contributed by atoms with Crippen LogP contribution in [0.5, 0.6) is 0 Å². The summed E-state index contributed by atoms with van der Waals surface area (Å²) in [5.74, 6) is 1.96. The second-order valence-corrected chi connectivity index (χ2v) is 5.37. The van der Waals surface area contributed by atoms with E-state index < -0.39 is 0 Å². The molecule has 0 bridgehead atoms. The van der Waals surface area contributed by atoms with Gasteiger partial charge >= 0.3 is 0 Å². The van der Waals surface area contributed by atoms with Gasteiger partial charge in [-0.25, -0.2) is 9.97 Å². The van der Waals surface area contributed by atoms with Crippen LogP contribution in [-0.4, -0.2) is 34.3 Å². The number of hydrogen-bond acceptors (Lipinski definition) is 4. The molecule has 2 atom stereocenters. The van der Waals surface area contributed by atoms with Crippen molar-refractivity contribution in [1.29, 1.82) is 0 Å². The molecular formula is C13H20ClN3O. The van der Waals surface area contributed by atoms with Crippen LogP contribution in [0.4, 0.5) is 5.82 Å². The Labute approximate surface area is 113 Å². The first-order valence-electron chi connectivity index (χ1n) is 6.49. The van der Waals surface area contributed by atoms with Gasteiger partial charge in [0, 0.05) is 25.1 Å². The van der Waals surface area contributed by atoms with Crippen LogP contribution < -0.4 is 4.90 Å². The number of piperidine rings is 1. The molecule has 1 aliphatic heterocycles. The van der Waals surface area contributed by atoms with Gasteiger partial charge in [0.15, 0.2) is 0 Å². The van der Waals surface area contributed by atoms with Crippen molar-refractivity contribution in [2.24, 2.45) is 5.92 Å². The molecule has 2 rings (SSSR count). The van der Waals surface area contributed by atoms with Gasteiger partial charge in [-0.1, -0.05) is 25.4 Å². The fraction of sp³-hybridized carbons (Fsp3) is 0.692. The summed E-state index contributed by atoms with van der Waals surface area (Å²) >= 11 is 6.15. The summed E-state index contributed by atoms with van der Waals surface area (Å²) in [7, 11) is 0. The second kappa shape index (κ2) is 5.41. The van der Waals surface area contributed by atoms with Crippen molar-refractivity contribution in [3.05, 3.63) is 16.5 Å². The highest BCUT2D eigenvalue weighted by Crippen LogP contribution is 2.27. The van der Waals surface area contributed by atoms with E-state index in [1.54, 1.807) is 0 Å². The highest BCUT2D eigenvalue weighted by molar-refractivity contribution is 6.30. The van der Waals surface area contributed by atoms with Crippen LogP contribution in [0.15, 0.2) is 0 Å². The largest absolute Gasteiger partial charge is 0.393 e. The van der Waals surface area contributed by atoms with Crippen LogP contribution in [0.25, 0.3) is 0 Å². The van der Waals surface area contributed by atoms with Gasteiger partial charge < -0.3 is 10.0 Å². The molecule has 5 heteroatoms.